The number of sulfonamides is 1. The summed E-state index contributed by atoms with van der Waals surface area (Å²) in [6.07, 6.45) is 2.54. The van der Waals surface area contributed by atoms with E-state index in [-0.39, 0.29) is 16.8 Å². The molecule has 2 aromatic rings. The maximum atomic E-state index is 12.6. The van der Waals surface area contributed by atoms with Gasteiger partial charge in [-0.25, -0.2) is 8.42 Å². The molecule has 0 saturated heterocycles. The molecule has 27 heavy (non-hydrogen) atoms. The maximum absolute atomic E-state index is 12.6. The van der Waals surface area contributed by atoms with Crippen molar-refractivity contribution in [2.75, 3.05) is 4.72 Å². The van der Waals surface area contributed by atoms with E-state index >= 15 is 0 Å². The van der Waals surface area contributed by atoms with E-state index in [9.17, 15) is 13.2 Å². The molecule has 5 nitrogen and oxygen atoms in total. The molecular formula is C21H26N2O3S. The summed E-state index contributed by atoms with van der Waals surface area (Å²) in [5.74, 6) is 0.0601. The van der Waals surface area contributed by atoms with Crippen molar-refractivity contribution in [1.29, 1.82) is 0 Å². The molecule has 6 heteroatoms. The summed E-state index contributed by atoms with van der Waals surface area (Å²) >= 11 is 0. The zero-order valence-electron chi connectivity index (χ0n) is 16.0. The Labute approximate surface area is 161 Å². The fourth-order valence-electron chi connectivity index (χ4n) is 3.09. The topological polar surface area (TPSA) is 75.3 Å². The Morgan fingerprint density at radius 1 is 1.15 bits per heavy atom. The van der Waals surface area contributed by atoms with Crippen LogP contribution in [-0.4, -0.2) is 20.4 Å². The largest absolute Gasteiger partial charge is 0.353 e. The summed E-state index contributed by atoms with van der Waals surface area (Å²) in [7, 11) is -3.63. The van der Waals surface area contributed by atoms with Crippen LogP contribution in [0.3, 0.4) is 0 Å². The van der Waals surface area contributed by atoms with Crippen LogP contribution in [0.1, 0.15) is 44.2 Å². The van der Waals surface area contributed by atoms with Crippen molar-refractivity contribution >= 4 is 21.6 Å². The molecule has 1 aliphatic rings. The van der Waals surface area contributed by atoms with Crippen molar-refractivity contribution < 1.29 is 13.2 Å². The smallest absolute Gasteiger partial charge is 0.261 e. The number of benzene rings is 2. The molecule has 0 aromatic heterocycles. The molecule has 0 radical (unpaired) electrons. The van der Waals surface area contributed by atoms with Crippen LogP contribution in [0.15, 0.2) is 53.4 Å². The number of carbonyl (C=O) groups excluding carboxylic acids is 1. The number of rotatable bonds is 7. The third-order valence-corrected chi connectivity index (χ3v) is 6.54. The van der Waals surface area contributed by atoms with Crippen molar-refractivity contribution in [3.05, 3.63) is 59.7 Å². The van der Waals surface area contributed by atoms with Crippen molar-refractivity contribution in [3.63, 3.8) is 0 Å². The summed E-state index contributed by atoms with van der Waals surface area (Å²) in [6.45, 7) is 5.89. The highest BCUT2D eigenvalue weighted by Gasteiger charge is 2.51. The van der Waals surface area contributed by atoms with E-state index in [1.165, 1.54) is 0 Å². The monoisotopic (exact) mass is 386 g/mol. The first-order valence-corrected chi connectivity index (χ1v) is 10.8. The number of hydrogen-bond donors (Lipinski definition) is 2. The van der Waals surface area contributed by atoms with Gasteiger partial charge in [0.25, 0.3) is 10.0 Å². The minimum atomic E-state index is -3.63. The minimum absolute atomic E-state index is 0.0601. The van der Waals surface area contributed by atoms with Crippen molar-refractivity contribution in [3.8, 4) is 0 Å². The molecule has 1 amide bonds. The Hall–Kier alpha value is -2.34. The van der Waals surface area contributed by atoms with E-state index in [0.29, 0.717) is 5.69 Å². The van der Waals surface area contributed by atoms with Crippen molar-refractivity contribution in [2.45, 2.75) is 56.4 Å². The zero-order chi connectivity index (χ0) is 19.7. The first-order valence-electron chi connectivity index (χ1n) is 9.28. The summed E-state index contributed by atoms with van der Waals surface area (Å²) in [6, 6.07) is 14.1. The normalized spacial score (nSPS) is 16.4. The molecule has 0 bridgehead atoms. The molecular weight excluding hydrogens is 360 g/mol. The van der Waals surface area contributed by atoms with Gasteiger partial charge in [-0.3, -0.25) is 9.52 Å². The quantitative estimate of drug-likeness (QED) is 0.761. The van der Waals surface area contributed by atoms with Gasteiger partial charge in [0.1, 0.15) is 0 Å². The van der Waals surface area contributed by atoms with Crippen LogP contribution in [0, 0.1) is 6.92 Å². The summed E-state index contributed by atoms with van der Waals surface area (Å²) < 4.78 is 27.7. The van der Waals surface area contributed by atoms with E-state index in [1.54, 1.807) is 30.3 Å². The minimum Gasteiger partial charge on any atom is -0.353 e. The predicted octanol–water partition coefficient (Wildman–Crippen LogP) is 3.74. The van der Waals surface area contributed by atoms with Crippen LogP contribution in [0.2, 0.25) is 0 Å². The van der Waals surface area contributed by atoms with Gasteiger partial charge in [-0.15, -0.1) is 0 Å². The van der Waals surface area contributed by atoms with Crippen molar-refractivity contribution in [1.82, 2.24) is 5.32 Å². The van der Waals surface area contributed by atoms with Crippen LogP contribution in [-0.2, 0) is 20.2 Å². The lowest BCUT2D eigenvalue weighted by atomic mass is 9.94. The van der Waals surface area contributed by atoms with Gasteiger partial charge >= 0.3 is 0 Å². The van der Waals surface area contributed by atoms with Crippen LogP contribution < -0.4 is 10.0 Å². The van der Waals surface area contributed by atoms with Gasteiger partial charge in [-0.1, -0.05) is 31.2 Å². The number of anilines is 1. The van der Waals surface area contributed by atoms with E-state index in [4.69, 9.17) is 0 Å². The highest BCUT2D eigenvalue weighted by molar-refractivity contribution is 7.92. The average molecular weight is 387 g/mol. The highest BCUT2D eigenvalue weighted by atomic mass is 32.2. The molecule has 0 spiro atoms. The molecule has 1 saturated carbocycles. The fourth-order valence-corrected chi connectivity index (χ4v) is 4.25. The summed E-state index contributed by atoms with van der Waals surface area (Å²) in [5.41, 5.74) is 1.84. The number of carbonyl (C=O) groups is 1. The first-order chi connectivity index (χ1) is 12.8. The van der Waals surface area contributed by atoms with Gasteiger partial charge in [0.15, 0.2) is 0 Å². The summed E-state index contributed by atoms with van der Waals surface area (Å²) in [5, 5.41) is 3.06. The van der Waals surface area contributed by atoms with E-state index < -0.39 is 15.4 Å². The number of aryl methyl sites for hydroxylation is 1. The SMILES string of the molecule is CCC(C)NC(=O)C1(c2ccc(NS(=O)(=O)c3cccc(C)c3)cc2)CC1. The highest BCUT2D eigenvalue weighted by Crippen LogP contribution is 2.48. The molecule has 1 unspecified atom stereocenters. The Kier molecular flexibility index (Phi) is 5.29. The molecule has 3 rings (SSSR count). The molecule has 1 fully saturated rings. The molecule has 1 aliphatic carbocycles. The lowest BCUT2D eigenvalue weighted by Gasteiger charge is -2.19. The number of hydrogen-bond acceptors (Lipinski definition) is 3. The predicted molar refractivity (Wildman–Crippen MR) is 107 cm³/mol. The Bertz CT molecular complexity index is 932. The standard InChI is InChI=1S/C21H26N2O3S/c1-4-16(3)22-20(24)21(12-13-21)17-8-10-18(11-9-17)23-27(25,26)19-7-5-6-15(2)14-19/h5-11,14,16,23H,4,12-13H2,1-3H3,(H,22,24). The maximum Gasteiger partial charge on any atom is 0.261 e. The van der Waals surface area contributed by atoms with Crippen LogP contribution in [0.4, 0.5) is 5.69 Å². The zero-order valence-corrected chi connectivity index (χ0v) is 16.8. The lowest BCUT2D eigenvalue weighted by molar-refractivity contribution is -0.124. The second kappa shape index (κ2) is 7.35. The van der Waals surface area contributed by atoms with Gasteiger partial charge in [0, 0.05) is 11.7 Å². The molecule has 2 N–H and O–H groups in total. The number of amides is 1. The molecule has 1 atom stereocenters. The van der Waals surface area contributed by atoms with Gasteiger partial charge in [0.05, 0.1) is 10.3 Å². The first kappa shape index (κ1) is 19.4. The second-order valence-corrected chi connectivity index (χ2v) is 9.05. The van der Waals surface area contributed by atoms with E-state index in [0.717, 1.165) is 30.4 Å². The Morgan fingerprint density at radius 2 is 1.81 bits per heavy atom. The average Bonchev–Trinajstić information content (AvgIpc) is 3.44. The van der Waals surface area contributed by atoms with E-state index in [1.807, 2.05) is 39.0 Å². The van der Waals surface area contributed by atoms with Crippen LogP contribution in [0.5, 0.6) is 0 Å². The fraction of sp³-hybridized carbons (Fsp3) is 0.381. The van der Waals surface area contributed by atoms with Gasteiger partial charge < -0.3 is 5.32 Å². The third-order valence-electron chi connectivity index (χ3n) is 5.16. The van der Waals surface area contributed by atoms with Gasteiger partial charge in [-0.05, 0) is 68.5 Å². The lowest BCUT2D eigenvalue weighted by Crippen LogP contribution is -2.39. The second-order valence-electron chi connectivity index (χ2n) is 7.36. The number of nitrogens with one attached hydrogen (secondary N) is 2. The van der Waals surface area contributed by atoms with Crippen LogP contribution >= 0.6 is 0 Å². The van der Waals surface area contributed by atoms with Gasteiger partial charge in [0.2, 0.25) is 5.91 Å². The molecule has 144 valence electrons. The summed E-state index contributed by atoms with van der Waals surface area (Å²) in [4.78, 5) is 12.8. The Balaban J connectivity index is 1.75. The Morgan fingerprint density at radius 3 is 2.37 bits per heavy atom. The molecule has 2 aromatic carbocycles. The van der Waals surface area contributed by atoms with E-state index in [2.05, 4.69) is 10.0 Å². The van der Waals surface area contributed by atoms with Crippen molar-refractivity contribution in [2.24, 2.45) is 0 Å². The van der Waals surface area contributed by atoms with Gasteiger partial charge in [-0.2, -0.15) is 0 Å². The molecule has 0 aliphatic heterocycles. The van der Waals surface area contributed by atoms with Crippen LogP contribution in [0.25, 0.3) is 0 Å². The molecule has 0 heterocycles. The third kappa shape index (κ3) is 4.16.